The molecule has 0 aromatic heterocycles. The van der Waals surface area contributed by atoms with E-state index in [-0.39, 0.29) is 40.6 Å². The minimum Gasteiger partial charge on any atom is -0.506 e. The van der Waals surface area contributed by atoms with Crippen LogP contribution in [-0.2, 0) is 30.3 Å². The van der Waals surface area contributed by atoms with Gasteiger partial charge in [-0.25, -0.2) is 4.79 Å². The number of ether oxygens (including phenoxy) is 2. The molecule has 8 N–H and O–H groups in total. The number of carboxylic acid groups (broad SMARTS) is 1. The highest BCUT2D eigenvalue weighted by Gasteiger charge is 2.54. The lowest BCUT2D eigenvalue weighted by atomic mass is 9.81. The number of amides is 3. The predicted octanol–water partition coefficient (Wildman–Crippen LogP) is 2.39. The minimum absolute atomic E-state index is 0.0554. The van der Waals surface area contributed by atoms with Crippen molar-refractivity contribution >= 4 is 41.4 Å². The zero-order valence-corrected chi connectivity index (χ0v) is 30.3. The van der Waals surface area contributed by atoms with Gasteiger partial charge in [0.15, 0.2) is 5.60 Å². The third-order valence-corrected chi connectivity index (χ3v) is 10.4. The molecule has 5 rings (SSSR count). The Morgan fingerprint density at radius 1 is 1.02 bits per heavy atom. The molecule has 14 nitrogen and oxygen atoms in total. The van der Waals surface area contributed by atoms with E-state index >= 15 is 0 Å². The first-order chi connectivity index (χ1) is 25.3. The molecule has 288 valence electrons. The lowest BCUT2D eigenvalue weighted by molar-refractivity contribution is -0.226. The molecule has 3 aliphatic heterocycles. The molecule has 3 amide bonds. The fourth-order valence-electron chi connectivity index (χ4n) is 7.22. The molecule has 0 radical (unpaired) electrons. The number of hydrogen-bond donors (Lipinski definition) is 8. The number of aliphatic hydroxyl groups excluding tert-OH is 3. The predicted molar refractivity (Wildman–Crippen MR) is 193 cm³/mol. The number of carbonyl (C=O) groups is 4. The number of aryl methyl sites for hydroxylation is 1. The van der Waals surface area contributed by atoms with E-state index in [2.05, 4.69) is 16.0 Å². The van der Waals surface area contributed by atoms with E-state index in [0.29, 0.717) is 50.0 Å². The van der Waals surface area contributed by atoms with Crippen molar-refractivity contribution < 1.29 is 54.2 Å². The van der Waals surface area contributed by atoms with Crippen LogP contribution in [0.5, 0.6) is 5.75 Å². The van der Waals surface area contributed by atoms with Gasteiger partial charge in [-0.2, -0.15) is 0 Å². The van der Waals surface area contributed by atoms with Crippen LogP contribution in [0.4, 0.5) is 0 Å². The Morgan fingerprint density at radius 3 is 2.53 bits per heavy atom. The molecule has 2 aromatic carbocycles. The SMILES string of the molecule is CC(=O)N[C@@H]1[C@@H](O)C[C@@]2(C(=O)O)C/C=C/c3cccc(c3)C(NC(=O)C3CCCOC3)CCCCc3cc(cc(Cl)c3O)C(=O)NC[C@@H](O)C(O)[C@@H]1O2. The second kappa shape index (κ2) is 17.9. The summed E-state index contributed by atoms with van der Waals surface area (Å²) in [4.78, 5) is 51.4. The molecule has 8 atom stereocenters. The highest BCUT2D eigenvalue weighted by molar-refractivity contribution is 6.32. The molecule has 3 aliphatic rings. The summed E-state index contributed by atoms with van der Waals surface area (Å²) in [5.74, 6) is -3.26. The van der Waals surface area contributed by atoms with Gasteiger partial charge < -0.3 is 51.0 Å². The number of benzene rings is 2. The van der Waals surface area contributed by atoms with E-state index in [9.17, 15) is 44.7 Å². The van der Waals surface area contributed by atoms with Crippen LogP contribution in [-0.4, -0.2) is 105 Å². The fraction of sp³-hybridized carbons (Fsp3) is 0.526. The van der Waals surface area contributed by atoms with Crippen LogP contribution in [0.1, 0.15) is 85.0 Å². The second-order valence-electron chi connectivity index (χ2n) is 14.1. The van der Waals surface area contributed by atoms with Crippen LogP contribution in [0, 0.1) is 5.92 Å². The highest BCUT2D eigenvalue weighted by atomic mass is 35.5. The van der Waals surface area contributed by atoms with Gasteiger partial charge in [0.1, 0.15) is 18.0 Å². The maximum atomic E-state index is 13.4. The summed E-state index contributed by atoms with van der Waals surface area (Å²) in [6.45, 7) is 1.62. The number of carboxylic acids is 1. The van der Waals surface area contributed by atoms with Crippen molar-refractivity contribution in [2.75, 3.05) is 19.8 Å². The van der Waals surface area contributed by atoms with Gasteiger partial charge in [0.25, 0.3) is 5.91 Å². The molecule has 2 aromatic rings. The number of carbonyl (C=O) groups excluding carboxylic acids is 3. The van der Waals surface area contributed by atoms with Crippen molar-refractivity contribution in [3.05, 3.63) is 69.8 Å². The van der Waals surface area contributed by atoms with Gasteiger partial charge in [0, 0.05) is 38.5 Å². The molecule has 6 bridgehead atoms. The van der Waals surface area contributed by atoms with Crippen LogP contribution in [0.15, 0.2) is 42.5 Å². The van der Waals surface area contributed by atoms with Gasteiger partial charge in [-0.15, -0.1) is 0 Å². The Hall–Kier alpha value is -4.05. The van der Waals surface area contributed by atoms with E-state index in [0.717, 1.165) is 18.4 Å². The lowest BCUT2D eigenvalue weighted by Gasteiger charge is -2.47. The van der Waals surface area contributed by atoms with E-state index in [1.165, 1.54) is 19.1 Å². The third-order valence-electron chi connectivity index (χ3n) is 10.1. The summed E-state index contributed by atoms with van der Waals surface area (Å²) in [6.07, 6.45) is -0.491. The highest BCUT2D eigenvalue weighted by Crippen LogP contribution is 2.36. The summed E-state index contributed by atoms with van der Waals surface area (Å²) in [5.41, 5.74) is -0.0366. The minimum atomic E-state index is -2.06. The van der Waals surface area contributed by atoms with Gasteiger partial charge >= 0.3 is 5.97 Å². The van der Waals surface area contributed by atoms with Crippen molar-refractivity contribution in [2.45, 2.75) is 100 Å². The normalized spacial score (nSPS) is 30.7. The summed E-state index contributed by atoms with van der Waals surface area (Å²) >= 11 is 6.30. The Kier molecular flexibility index (Phi) is 13.5. The smallest absolute Gasteiger partial charge is 0.336 e. The average molecular weight is 758 g/mol. The monoisotopic (exact) mass is 757 g/mol. The standard InChI is InChI=1S/C38H48ClN3O11/c1-21(43)41-31-29(44)18-38(37(50)51)13-5-8-22-7-4-10-23(15-22)28(42-36(49)25-11-6-14-52-20-25)12-3-2-9-24-16-26(17-27(39)32(24)46)35(48)40-19-30(45)33(47)34(31)53-38/h4-5,7-8,10,15-17,25,28-31,33-34,44-47H,2-3,6,9,11-14,18-20H2,1H3,(H,40,48)(H,41,43)(H,42,49)(H,50,51)/b8-5+/t25?,28?,29-,30+,31+,33?,34+,38+/m0/s1. The topological polar surface area (TPSA) is 224 Å². The Bertz CT molecular complexity index is 1680. The summed E-state index contributed by atoms with van der Waals surface area (Å²) < 4.78 is 11.6. The van der Waals surface area contributed by atoms with Crippen molar-refractivity contribution in [2.24, 2.45) is 5.92 Å². The first kappa shape index (κ1) is 40.1. The Labute approximate surface area is 312 Å². The third kappa shape index (κ3) is 9.93. The zero-order valence-electron chi connectivity index (χ0n) is 29.5. The Morgan fingerprint density at radius 2 is 1.81 bits per heavy atom. The van der Waals surface area contributed by atoms with Crippen LogP contribution in [0.2, 0.25) is 5.02 Å². The summed E-state index contributed by atoms with van der Waals surface area (Å²) in [7, 11) is 0. The largest absolute Gasteiger partial charge is 0.506 e. The molecule has 2 fully saturated rings. The Balaban J connectivity index is 1.50. The molecule has 15 heteroatoms. The molecule has 0 spiro atoms. The molecular formula is C38H48ClN3O11. The summed E-state index contributed by atoms with van der Waals surface area (Å²) in [5, 5.41) is 62.7. The number of phenolic OH excluding ortho intramolecular Hbond substituents is 1. The van der Waals surface area contributed by atoms with Gasteiger partial charge in [-0.3, -0.25) is 14.4 Å². The number of phenols is 1. The maximum Gasteiger partial charge on any atom is 0.336 e. The van der Waals surface area contributed by atoms with Crippen molar-refractivity contribution in [3.63, 3.8) is 0 Å². The molecule has 0 saturated carbocycles. The number of aliphatic carboxylic acids is 1. The van der Waals surface area contributed by atoms with Crippen LogP contribution >= 0.6 is 11.6 Å². The van der Waals surface area contributed by atoms with E-state index < -0.39 is 66.8 Å². The van der Waals surface area contributed by atoms with E-state index in [1.807, 2.05) is 24.3 Å². The van der Waals surface area contributed by atoms with Crippen molar-refractivity contribution in [1.29, 1.82) is 0 Å². The molecule has 0 aliphatic carbocycles. The number of fused-ring (bicyclic) bond motifs is 6. The molecule has 3 unspecified atom stereocenters. The lowest BCUT2D eigenvalue weighted by Crippen LogP contribution is -2.67. The fourth-order valence-corrected chi connectivity index (χ4v) is 7.46. The maximum absolute atomic E-state index is 13.4. The first-order valence-electron chi connectivity index (χ1n) is 17.9. The van der Waals surface area contributed by atoms with Gasteiger partial charge in [0.05, 0.1) is 41.8 Å². The van der Waals surface area contributed by atoms with Crippen molar-refractivity contribution in [3.8, 4) is 5.75 Å². The number of hydrogen-bond acceptors (Lipinski definition) is 10. The number of aromatic hydroxyl groups is 1. The first-order valence-corrected chi connectivity index (χ1v) is 18.3. The summed E-state index contributed by atoms with van der Waals surface area (Å²) in [6, 6.07) is 8.50. The number of aliphatic hydroxyl groups is 3. The van der Waals surface area contributed by atoms with Gasteiger partial charge in [-0.1, -0.05) is 48.4 Å². The second-order valence-corrected chi connectivity index (χ2v) is 14.5. The van der Waals surface area contributed by atoms with Gasteiger partial charge in [-0.05, 0) is 67.0 Å². The molecular weight excluding hydrogens is 710 g/mol. The quantitative estimate of drug-likeness (QED) is 0.226. The van der Waals surface area contributed by atoms with Crippen LogP contribution in [0.25, 0.3) is 6.08 Å². The molecule has 3 heterocycles. The van der Waals surface area contributed by atoms with Gasteiger partial charge in [0.2, 0.25) is 11.8 Å². The van der Waals surface area contributed by atoms with Crippen LogP contribution in [0.3, 0.4) is 0 Å². The van der Waals surface area contributed by atoms with E-state index in [4.69, 9.17) is 21.1 Å². The van der Waals surface area contributed by atoms with E-state index in [1.54, 1.807) is 12.2 Å². The molecule has 2 saturated heterocycles. The average Bonchev–Trinajstić information content (AvgIpc) is 3.13. The zero-order chi connectivity index (χ0) is 38.3. The van der Waals surface area contributed by atoms with Crippen LogP contribution < -0.4 is 16.0 Å². The number of β-amino-alcohol motifs (C(OH)–C–C–N with tert-alkyl or cyclic N) is 1. The number of halogens is 1. The molecule has 53 heavy (non-hydrogen) atoms. The van der Waals surface area contributed by atoms with Crippen molar-refractivity contribution in [1.82, 2.24) is 16.0 Å². The number of rotatable bonds is 4. The number of nitrogens with one attached hydrogen (secondary N) is 3.